The minimum Gasteiger partial charge on any atom is -0.496 e. The molecule has 112 valence electrons. The number of carbonyl (C=O) groups excluding carboxylic acids is 1. The highest BCUT2D eigenvalue weighted by Crippen LogP contribution is 2.28. The second-order valence-corrected chi connectivity index (χ2v) is 5.29. The molecular weight excluding hydrogens is 252 g/mol. The molecule has 1 aromatic rings. The number of para-hydroxylation sites is 1. The molecule has 0 bridgehead atoms. The Balaban J connectivity index is 2.95. The fourth-order valence-electron chi connectivity index (χ4n) is 2.08. The third-order valence-electron chi connectivity index (χ3n) is 4.01. The Bertz CT molecular complexity index is 442. The first kappa shape index (κ1) is 16.5. The fraction of sp³-hybridized carbons (Fsp3) is 0.562. The number of hydrogen-bond acceptors (Lipinski definition) is 3. The molecule has 2 atom stereocenters. The Morgan fingerprint density at radius 3 is 2.55 bits per heavy atom. The molecule has 20 heavy (non-hydrogen) atoms. The number of rotatable bonds is 7. The molecule has 0 heterocycles. The highest BCUT2D eigenvalue weighted by atomic mass is 16.5. The van der Waals surface area contributed by atoms with Gasteiger partial charge in [-0.25, -0.2) is 0 Å². The number of nitrogens with one attached hydrogen (secondary N) is 1. The van der Waals surface area contributed by atoms with Crippen molar-refractivity contribution < 1.29 is 9.53 Å². The quantitative estimate of drug-likeness (QED) is 0.806. The number of carbonyl (C=O) groups is 1. The van der Waals surface area contributed by atoms with Crippen molar-refractivity contribution in [3.05, 3.63) is 29.8 Å². The van der Waals surface area contributed by atoms with Crippen LogP contribution in [0.4, 0.5) is 0 Å². The lowest BCUT2D eigenvalue weighted by Crippen LogP contribution is -2.44. The summed E-state index contributed by atoms with van der Waals surface area (Å²) < 4.78 is 5.37. The smallest absolute Gasteiger partial charge is 0.227 e. The third kappa shape index (κ3) is 3.51. The van der Waals surface area contributed by atoms with Gasteiger partial charge in [0.05, 0.1) is 18.6 Å². The number of hydrogen-bond donors (Lipinski definition) is 2. The largest absolute Gasteiger partial charge is 0.496 e. The lowest BCUT2D eigenvalue weighted by atomic mass is 9.86. The highest BCUT2D eigenvalue weighted by Gasteiger charge is 2.31. The van der Waals surface area contributed by atoms with Gasteiger partial charge in [0.2, 0.25) is 5.91 Å². The summed E-state index contributed by atoms with van der Waals surface area (Å²) in [6.07, 6.45) is 1.52. The van der Waals surface area contributed by atoms with Crippen molar-refractivity contribution in [2.75, 3.05) is 13.7 Å². The molecular formula is C16H26N2O2. The molecule has 1 amide bonds. The van der Waals surface area contributed by atoms with Crippen LogP contribution in [-0.2, 0) is 4.79 Å². The molecule has 4 nitrogen and oxygen atoms in total. The lowest BCUT2D eigenvalue weighted by Gasteiger charge is -2.29. The van der Waals surface area contributed by atoms with Crippen molar-refractivity contribution in [3.63, 3.8) is 0 Å². The molecule has 0 radical (unpaired) electrons. The van der Waals surface area contributed by atoms with E-state index in [9.17, 15) is 4.79 Å². The number of benzene rings is 1. The molecule has 0 aromatic heterocycles. The summed E-state index contributed by atoms with van der Waals surface area (Å²) in [5.41, 5.74) is 6.23. The minimum absolute atomic E-state index is 0.000237. The van der Waals surface area contributed by atoms with Crippen LogP contribution in [0.5, 0.6) is 5.75 Å². The summed E-state index contributed by atoms with van der Waals surface area (Å²) in [4.78, 5) is 12.4. The van der Waals surface area contributed by atoms with E-state index in [2.05, 4.69) is 5.32 Å². The van der Waals surface area contributed by atoms with Gasteiger partial charge in [-0.3, -0.25) is 4.79 Å². The summed E-state index contributed by atoms with van der Waals surface area (Å²) in [6.45, 7) is 6.27. The van der Waals surface area contributed by atoms with E-state index < -0.39 is 5.41 Å². The molecule has 0 saturated heterocycles. The van der Waals surface area contributed by atoms with E-state index in [4.69, 9.17) is 10.5 Å². The maximum atomic E-state index is 12.4. The van der Waals surface area contributed by atoms with Gasteiger partial charge < -0.3 is 15.8 Å². The average molecular weight is 278 g/mol. The van der Waals surface area contributed by atoms with Crippen molar-refractivity contribution in [3.8, 4) is 5.75 Å². The predicted molar refractivity (Wildman–Crippen MR) is 81.6 cm³/mol. The SMILES string of the molecule is CCC(NC(=O)C(C)(CC)CN)c1ccccc1OC. The van der Waals surface area contributed by atoms with E-state index in [-0.39, 0.29) is 11.9 Å². The van der Waals surface area contributed by atoms with Gasteiger partial charge in [0.1, 0.15) is 5.75 Å². The molecule has 0 aliphatic heterocycles. The van der Waals surface area contributed by atoms with E-state index >= 15 is 0 Å². The van der Waals surface area contributed by atoms with Crippen LogP contribution in [0.1, 0.15) is 45.2 Å². The summed E-state index contributed by atoms with van der Waals surface area (Å²) in [6, 6.07) is 7.71. The Morgan fingerprint density at radius 2 is 2.05 bits per heavy atom. The number of amides is 1. The van der Waals surface area contributed by atoms with E-state index in [1.807, 2.05) is 45.0 Å². The van der Waals surface area contributed by atoms with Crippen LogP contribution < -0.4 is 15.8 Å². The molecule has 0 aliphatic carbocycles. The number of ether oxygens (including phenoxy) is 1. The van der Waals surface area contributed by atoms with Gasteiger partial charge in [0.15, 0.2) is 0 Å². The Kier molecular flexibility index (Phi) is 6.02. The van der Waals surface area contributed by atoms with E-state index in [0.29, 0.717) is 6.54 Å². The summed E-state index contributed by atoms with van der Waals surface area (Å²) >= 11 is 0. The van der Waals surface area contributed by atoms with E-state index in [1.165, 1.54) is 0 Å². The van der Waals surface area contributed by atoms with Crippen molar-refractivity contribution >= 4 is 5.91 Å². The molecule has 0 saturated carbocycles. The van der Waals surface area contributed by atoms with Crippen molar-refractivity contribution in [1.29, 1.82) is 0 Å². The number of nitrogens with two attached hydrogens (primary N) is 1. The summed E-state index contributed by atoms with van der Waals surface area (Å²) in [5.74, 6) is 0.797. The Hall–Kier alpha value is -1.55. The standard InChI is InChI=1S/C16H26N2O2/c1-5-13(12-9-7-8-10-14(12)20-4)18-15(19)16(3,6-2)11-17/h7-10,13H,5-6,11,17H2,1-4H3,(H,18,19). The van der Waals surface area contributed by atoms with Crippen molar-refractivity contribution in [2.45, 2.75) is 39.7 Å². The van der Waals surface area contributed by atoms with Crippen molar-refractivity contribution in [2.24, 2.45) is 11.1 Å². The van der Waals surface area contributed by atoms with Crippen LogP contribution >= 0.6 is 0 Å². The van der Waals surface area contributed by atoms with Gasteiger partial charge in [0.25, 0.3) is 0 Å². The molecule has 0 spiro atoms. The third-order valence-corrected chi connectivity index (χ3v) is 4.01. The number of methoxy groups -OCH3 is 1. The van der Waals surface area contributed by atoms with Gasteiger partial charge in [-0.2, -0.15) is 0 Å². The first-order chi connectivity index (χ1) is 9.52. The molecule has 1 rings (SSSR count). The maximum absolute atomic E-state index is 12.4. The van der Waals surface area contributed by atoms with E-state index in [0.717, 1.165) is 24.2 Å². The summed E-state index contributed by atoms with van der Waals surface area (Å²) in [7, 11) is 1.64. The van der Waals surface area contributed by atoms with Gasteiger partial charge in [0, 0.05) is 12.1 Å². The fourth-order valence-corrected chi connectivity index (χ4v) is 2.08. The topological polar surface area (TPSA) is 64.4 Å². The molecule has 2 unspecified atom stereocenters. The van der Waals surface area contributed by atoms with E-state index in [1.54, 1.807) is 7.11 Å². The zero-order valence-corrected chi connectivity index (χ0v) is 12.9. The van der Waals surface area contributed by atoms with Gasteiger partial charge >= 0.3 is 0 Å². The van der Waals surface area contributed by atoms with Crippen LogP contribution in [0.2, 0.25) is 0 Å². The molecule has 1 aromatic carbocycles. The first-order valence-corrected chi connectivity index (χ1v) is 7.16. The maximum Gasteiger partial charge on any atom is 0.227 e. The van der Waals surface area contributed by atoms with Crippen molar-refractivity contribution in [1.82, 2.24) is 5.32 Å². The lowest BCUT2D eigenvalue weighted by molar-refractivity contribution is -0.130. The molecule has 4 heteroatoms. The predicted octanol–water partition coefficient (Wildman–Crippen LogP) is 2.64. The zero-order valence-electron chi connectivity index (χ0n) is 12.9. The zero-order chi connectivity index (χ0) is 15.2. The highest BCUT2D eigenvalue weighted by molar-refractivity contribution is 5.83. The average Bonchev–Trinajstić information content (AvgIpc) is 2.51. The van der Waals surface area contributed by atoms with Crippen LogP contribution in [0.25, 0.3) is 0 Å². The van der Waals surface area contributed by atoms with Crippen LogP contribution in [0, 0.1) is 5.41 Å². The monoisotopic (exact) mass is 278 g/mol. The second kappa shape index (κ2) is 7.29. The minimum atomic E-state index is -0.518. The van der Waals surface area contributed by atoms with Crippen LogP contribution in [0.3, 0.4) is 0 Å². The molecule has 3 N–H and O–H groups in total. The second-order valence-electron chi connectivity index (χ2n) is 5.29. The molecule has 0 aliphatic rings. The van der Waals surface area contributed by atoms with Gasteiger partial charge in [-0.15, -0.1) is 0 Å². The van der Waals surface area contributed by atoms with Gasteiger partial charge in [-0.05, 0) is 25.8 Å². The Labute approximate surface area is 121 Å². The summed E-state index contributed by atoms with van der Waals surface area (Å²) in [5, 5.41) is 3.10. The van der Waals surface area contributed by atoms with Gasteiger partial charge in [-0.1, -0.05) is 32.0 Å². The Morgan fingerprint density at radius 1 is 1.40 bits per heavy atom. The van der Waals surface area contributed by atoms with Crippen LogP contribution in [0.15, 0.2) is 24.3 Å². The first-order valence-electron chi connectivity index (χ1n) is 7.16. The normalized spacial score (nSPS) is 15.2. The molecule has 0 fully saturated rings. The van der Waals surface area contributed by atoms with Crippen LogP contribution in [-0.4, -0.2) is 19.6 Å².